The molecule has 0 fully saturated rings. The third-order valence-electron chi connectivity index (χ3n) is 4.16. The maximum absolute atomic E-state index is 9.36. The van der Waals surface area contributed by atoms with E-state index < -0.39 is 0 Å². The largest absolute Gasteiger partial charge is 0.394 e. The molecular formula is C17H18N6O. The van der Waals surface area contributed by atoms with Crippen LogP contribution in [0.4, 0.5) is 5.82 Å². The molecule has 3 aromatic heterocycles. The zero-order valence-corrected chi connectivity index (χ0v) is 13.3. The number of fused-ring (bicyclic) bond motifs is 2. The van der Waals surface area contributed by atoms with Crippen molar-refractivity contribution in [2.45, 2.75) is 19.4 Å². The molecule has 0 unspecified atom stereocenters. The van der Waals surface area contributed by atoms with Crippen molar-refractivity contribution in [2.24, 2.45) is 0 Å². The van der Waals surface area contributed by atoms with Gasteiger partial charge in [-0.05, 0) is 30.7 Å². The first-order valence-corrected chi connectivity index (χ1v) is 7.94. The van der Waals surface area contributed by atoms with Gasteiger partial charge in [-0.1, -0.05) is 13.0 Å². The average molecular weight is 322 g/mol. The Morgan fingerprint density at radius 3 is 3.00 bits per heavy atom. The lowest BCUT2D eigenvalue weighted by atomic mass is 10.1. The van der Waals surface area contributed by atoms with Gasteiger partial charge in [0.15, 0.2) is 5.65 Å². The molecule has 122 valence electrons. The summed E-state index contributed by atoms with van der Waals surface area (Å²) in [4.78, 5) is 4.42. The topological polar surface area (TPSA) is 91.1 Å². The van der Waals surface area contributed by atoms with Crippen LogP contribution in [-0.2, 0) is 0 Å². The van der Waals surface area contributed by atoms with Gasteiger partial charge in [-0.3, -0.25) is 5.10 Å². The summed E-state index contributed by atoms with van der Waals surface area (Å²) in [6, 6.07) is 9.87. The number of rotatable bonds is 5. The Labute approximate surface area is 138 Å². The van der Waals surface area contributed by atoms with Crippen molar-refractivity contribution in [3.05, 3.63) is 42.7 Å². The fourth-order valence-electron chi connectivity index (χ4n) is 2.74. The second kappa shape index (κ2) is 5.93. The number of aromatic amines is 1. The van der Waals surface area contributed by atoms with E-state index in [1.54, 1.807) is 6.20 Å². The van der Waals surface area contributed by atoms with Crippen LogP contribution in [-0.4, -0.2) is 42.6 Å². The van der Waals surface area contributed by atoms with E-state index in [1.165, 1.54) is 0 Å². The molecule has 7 nitrogen and oxygen atoms in total. The van der Waals surface area contributed by atoms with Crippen LogP contribution in [0.15, 0.2) is 42.7 Å². The molecule has 3 N–H and O–H groups in total. The van der Waals surface area contributed by atoms with Crippen LogP contribution in [0.1, 0.15) is 13.3 Å². The SMILES string of the molecule is CC[C@H](CO)Nc1ccc2ncc(-c3ccc4[nH]ncc4c3)n2n1. The van der Waals surface area contributed by atoms with Crippen molar-refractivity contribution in [3.63, 3.8) is 0 Å². The number of nitrogens with one attached hydrogen (secondary N) is 2. The normalized spacial score (nSPS) is 12.8. The molecular weight excluding hydrogens is 304 g/mol. The van der Waals surface area contributed by atoms with Crippen LogP contribution in [0.5, 0.6) is 0 Å². The van der Waals surface area contributed by atoms with Gasteiger partial charge in [0.1, 0.15) is 5.82 Å². The summed E-state index contributed by atoms with van der Waals surface area (Å²) in [5, 5.41) is 25.3. The maximum atomic E-state index is 9.36. The number of imidazole rings is 1. The van der Waals surface area contributed by atoms with E-state index in [-0.39, 0.29) is 12.6 Å². The van der Waals surface area contributed by atoms with Crippen molar-refractivity contribution in [3.8, 4) is 11.3 Å². The highest BCUT2D eigenvalue weighted by Gasteiger charge is 2.11. The molecule has 7 heteroatoms. The number of hydrogen-bond donors (Lipinski definition) is 3. The number of aliphatic hydroxyl groups is 1. The first-order valence-electron chi connectivity index (χ1n) is 7.94. The molecule has 4 rings (SSSR count). The van der Waals surface area contributed by atoms with Crippen LogP contribution in [0, 0.1) is 0 Å². The van der Waals surface area contributed by atoms with Crippen LogP contribution in [0.3, 0.4) is 0 Å². The standard InChI is InChI=1S/C17H18N6O/c1-2-13(10-24)20-16-5-6-17-18-9-15(23(17)22-16)11-3-4-14-12(7-11)8-19-21-14/h3-9,13,24H,2,10H2,1H3,(H,19,21)(H,20,22)/t13-/m1/s1. The summed E-state index contributed by atoms with van der Waals surface area (Å²) in [6.45, 7) is 2.10. The predicted octanol–water partition coefficient (Wildman–Crippen LogP) is 2.46. The van der Waals surface area contributed by atoms with E-state index in [4.69, 9.17) is 0 Å². The highest BCUT2D eigenvalue weighted by atomic mass is 16.3. The monoisotopic (exact) mass is 322 g/mol. The summed E-state index contributed by atoms with van der Waals surface area (Å²) >= 11 is 0. The smallest absolute Gasteiger partial charge is 0.154 e. The highest BCUT2D eigenvalue weighted by Crippen LogP contribution is 2.24. The molecule has 1 atom stereocenters. The summed E-state index contributed by atoms with van der Waals surface area (Å²) < 4.78 is 1.81. The quantitative estimate of drug-likeness (QED) is 0.525. The Morgan fingerprint density at radius 1 is 1.25 bits per heavy atom. The van der Waals surface area contributed by atoms with Gasteiger partial charge in [0, 0.05) is 10.9 Å². The lowest BCUT2D eigenvalue weighted by Crippen LogP contribution is -2.23. The minimum atomic E-state index is -0.01000. The Kier molecular flexibility index (Phi) is 3.62. The van der Waals surface area contributed by atoms with E-state index >= 15 is 0 Å². The summed E-state index contributed by atoms with van der Waals surface area (Å²) in [6.07, 6.45) is 4.44. The number of aliphatic hydroxyl groups excluding tert-OH is 1. The number of benzene rings is 1. The first kappa shape index (κ1) is 14.6. The molecule has 1 aromatic carbocycles. The molecule has 0 aliphatic heterocycles. The lowest BCUT2D eigenvalue weighted by molar-refractivity contribution is 0.271. The van der Waals surface area contributed by atoms with Crippen molar-refractivity contribution in [1.29, 1.82) is 0 Å². The van der Waals surface area contributed by atoms with Crippen LogP contribution in [0.2, 0.25) is 0 Å². The average Bonchev–Trinajstić information content (AvgIpc) is 3.25. The molecule has 0 aliphatic carbocycles. The second-order valence-electron chi connectivity index (χ2n) is 5.74. The van der Waals surface area contributed by atoms with Crippen molar-refractivity contribution in [2.75, 3.05) is 11.9 Å². The van der Waals surface area contributed by atoms with E-state index in [0.717, 1.165) is 34.2 Å². The van der Waals surface area contributed by atoms with Crippen molar-refractivity contribution < 1.29 is 5.11 Å². The molecule has 0 saturated heterocycles. The Morgan fingerprint density at radius 2 is 2.17 bits per heavy atom. The third-order valence-corrected chi connectivity index (χ3v) is 4.16. The lowest BCUT2D eigenvalue weighted by Gasteiger charge is -2.14. The van der Waals surface area contributed by atoms with Crippen LogP contribution < -0.4 is 5.32 Å². The Bertz CT molecular complexity index is 985. The maximum Gasteiger partial charge on any atom is 0.154 e. The Balaban J connectivity index is 1.77. The number of hydrogen-bond acceptors (Lipinski definition) is 5. The van der Waals surface area contributed by atoms with Crippen molar-refractivity contribution in [1.82, 2.24) is 24.8 Å². The number of nitrogens with zero attached hydrogens (tertiary/aromatic N) is 4. The van der Waals surface area contributed by atoms with E-state index in [1.807, 2.05) is 41.9 Å². The zero-order valence-electron chi connectivity index (χ0n) is 13.3. The molecule has 4 aromatic rings. The predicted molar refractivity (Wildman–Crippen MR) is 92.9 cm³/mol. The number of H-pyrrole nitrogens is 1. The van der Waals surface area contributed by atoms with E-state index in [0.29, 0.717) is 5.82 Å². The molecule has 3 heterocycles. The molecule has 0 spiro atoms. The fraction of sp³-hybridized carbons (Fsp3) is 0.235. The second-order valence-corrected chi connectivity index (χ2v) is 5.74. The van der Waals surface area contributed by atoms with Gasteiger partial charge < -0.3 is 10.4 Å². The molecule has 0 amide bonds. The van der Waals surface area contributed by atoms with Gasteiger partial charge >= 0.3 is 0 Å². The van der Waals surface area contributed by atoms with Crippen LogP contribution >= 0.6 is 0 Å². The fourth-order valence-corrected chi connectivity index (χ4v) is 2.74. The van der Waals surface area contributed by atoms with E-state index in [2.05, 4.69) is 31.7 Å². The molecule has 0 radical (unpaired) electrons. The van der Waals surface area contributed by atoms with Gasteiger partial charge in [-0.25, -0.2) is 9.50 Å². The summed E-state index contributed by atoms with van der Waals surface area (Å²) in [5.74, 6) is 0.715. The van der Waals surface area contributed by atoms with Gasteiger partial charge in [0.05, 0.1) is 36.3 Å². The Hall–Kier alpha value is -2.93. The van der Waals surface area contributed by atoms with Gasteiger partial charge in [-0.15, -0.1) is 5.10 Å². The highest BCUT2D eigenvalue weighted by molar-refractivity contribution is 5.83. The molecule has 24 heavy (non-hydrogen) atoms. The zero-order chi connectivity index (χ0) is 16.5. The summed E-state index contributed by atoms with van der Waals surface area (Å²) in [7, 11) is 0. The summed E-state index contributed by atoms with van der Waals surface area (Å²) in [5.41, 5.74) is 3.71. The molecule has 0 bridgehead atoms. The van der Waals surface area contributed by atoms with Crippen molar-refractivity contribution >= 4 is 22.4 Å². The van der Waals surface area contributed by atoms with Gasteiger partial charge in [0.2, 0.25) is 0 Å². The van der Waals surface area contributed by atoms with Crippen LogP contribution in [0.25, 0.3) is 27.8 Å². The minimum Gasteiger partial charge on any atom is -0.394 e. The number of aromatic nitrogens is 5. The minimum absolute atomic E-state index is 0.01000. The van der Waals surface area contributed by atoms with E-state index in [9.17, 15) is 5.11 Å². The molecule has 0 aliphatic rings. The number of anilines is 1. The van der Waals surface area contributed by atoms with Gasteiger partial charge in [-0.2, -0.15) is 5.10 Å². The first-order chi connectivity index (χ1) is 11.8. The van der Waals surface area contributed by atoms with Gasteiger partial charge in [0.25, 0.3) is 0 Å². The molecule has 0 saturated carbocycles. The third kappa shape index (κ3) is 2.48.